The van der Waals surface area contributed by atoms with Crippen molar-refractivity contribution in [2.45, 2.75) is 18.9 Å². The Hall–Kier alpha value is -1.55. The van der Waals surface area contributed by atoms with E-state index in [0.717, 1.165) is 29.6 Å². The lowest BCUT2D eigenvalue weighted by Crippen LogP contribution is -2.38. The molecule has 1 saturated heterocycles. The summed E-state index contributed by atoms with van der Waals surface area (Å²) in [6, 6.07) is 6.08. The largest absolute Gasteiger partial charge is 0.489 e. The van der Waals surface area contributed by atoms with Gasteiger partial charge in [-0.25, -0.2) is 0 Å². The van der Waals surface area contributed by atoms with Crippen LogP contribution in [-0.4, -0.2) is 41.3 Å². The van der Waals surface area contributed by atoms with E-state index in [1.165, 1.54) is 13.0 Å². The monoisotopic (exact) mass is 231 g/mol. The number of aromatic nitrogens is 2. The maximum absolute atomic E-state index is 6.02. The second-order valence-corrected chi connectivity index (χ2v) is 4.76. The summed E-state index contributed by atoms with van der Waals surface area (Å²) in [7, 11) is 2.15. The van der Waals surface area contributed by atoms with Crippen LogP contribution in [0.2, 0.25) is 0 Å². The summed E-state index contributed by atoms with van der Waals surface area (Å²) in [5, 5.41) is 8.06. The van der Waals surface area contributed by atoms with Gasteiger partial charge in [-0.1, -0.05) is 0 Å². The molecule has 1 atom stereocenters. The molecule has 3 rings (SSSR count). The van der Waals surface area contributed by atoms with E-state index in [9.17, 15) is 0 Å². The van der Waals surface area contributed by atoms with E-state index < -0.39 is 0 Å². The van der Waals surface area contributed by atoms with Gasteiger partial charge in [0.15, 0.2) is 0 Å². The second kappa shape index (κ2) is 4.37. The molecule has 1 fully saturated rings. The maximum atomic E-state index is 6.02. The average molecular weight is 231 g/mol. The molecule has 0 aliphatic carbocycles. The molecule has 0 amide bonds. The summed E-state index contributed by atoms with van der Waals surface area (Å²) in [5.74, 6) is 0.944. The number of rotatable bonds is 2. The standard InChI is InChI=1S/C13H17N3O/c1-16-6-2-3-12(9-16)17-11-4-5-13-10(7-11)8-14-15-13/h4-5,7-8,12H,2-3,6,9H2,1H3,(H,14,15). The summed E-state index contributed by atoms with van der Waals surface area (Å²) in [6.07, 6.45) is 4.51. The van der Waals surface area contributed by atoms with Crippen molar-refractivity contribution in [3.8, 4) is 5.75 Å². The van der Waals surface area contributed by atoms with Crippen LogP contribution in [0.4, 0.5) is 0 Å². The number of hydrogen-bond donors (Lipinski definition) is 1. The highest BCUT2D eigenvalue weighted by Gasteiger charge is 2.18. The molecule has 1 aliphatic rings. The summed E-state index contributed by atoms with van der Waals surface area (Å²) in [4.78, 5) is 2.32. The van der Waals surface area contributed by atoms with Crippen molar-refractivity contribution in [3.63, 3.8) is 0 Å². The molecule has 1 N–H and O–H groups in total. The van der Waals surface area contributed by atoms with Crippen LogP contribution >= 0.6 is 0 Å². The van der Waals surface area contributed by atoms with Gasteiger partial charge < -0.3 is 9.64 Å². The molecule has 2 heterocycles. The molecule has 90 valence electrons. The SMILES string of the molecule is CN1CCCC(Oc2ccc3[nH]ncc3c2)C1. The molecule has 17 heavy (non-hydrogen) atoms. The number of H-pyrrole nitrogens is 1. The second-order valence-electron chi connectivity index (χ2n) is 4.76. The van der Waals surface area contributed by atoms with Gasteiger partial charge in [0, 0.05) is 11.9 Å². The molecule has 0 radical (unpaired) electrons. The van der Waals surface area contributed by atoms with E-state index >= 15 is 0 Å². The molecule has 1 aromatic carbocycles. The van der Waals surface area contributed by atoms with Crippen molar-refractivity contribution in [2.75, 3.05) is 20.1 Å². The van der Waals surface area contributed by atoms with Gasteiger partial charge in [0.1, 0.15) is 11.9 Å². The van der Waals surface area contributed by atoms with Crippen LogP contribution in [0.5, 0.6) is 5.75 Å². The number of piperidine rings is 1. The Morgan fingerprint density at radius 3 is 3.29 bits per heavy atom. The third-order valence-electron chi connectivity index (χ3n) is 3.30. The van der Waals surface area contributed by atoms with E-state index in [0.29, 0.717) is 6.10 Å². The Bertz CT molecular complexity index is 508. The third kappa shape index (κ3) is 2.26. The quantitative estimate of drug-likeness (QED) is 0.860. The Labute approximate surface area is 101 Å². The van der Waals surface area contributed by atoms with Gasteiger partial charge in [0.2, 0.25) is 0 Å². The number of benzene rings is 1. The van der Waals surface area contributed by atoms with Gasteiger partial charge in [0.05, 0.1) is 11.7 Å². The van der Waals surface area contributed by atoms with Crippen LogP contribution in [0.15, 0.2) is 24.4 Å². The van der Waals surface area contributed by atoms with E-state index in [1.54, 1.807) is 0 Å². The first-order valence-corrected chi connectivity index (χ1v) is 6.09. The van der Waals surface area contributed by atoms with Crippen LogP contribution in [0.3, 0.4) is 0 Å². The molecular formula is C13H17N3O. The van der Waals surface area contributed by atoms with Crippen molar-refractivity contribution in [2.24, 2.45) is 0 Å². The minimum absolute atomic E-state index is 0.318. The highest BCUT2D eigenvalue weighted by molar-refractivity contribution is 5.79. The predicted molar refractivity (Wildman–Crippen MR) is 67.2 cm³/mol. The number of ether oxygens (including phenoxy) is 1. The number of fused-ring (bicyclic) bond motifs is 1. The number of nitrogens with zero attached hydrogens (tertiary/aromatic N) is 2. The van der Waals surface area contributed by atoms with E-state index in [4.69, 9.17) is 4.74 Å². The van der Waals surface area contributed by atoms with Crippen LogP contribution in [0, 0.1) is 0 Å². The molecule has 0 bridgehead atoms. The molecule has 1 aromatic heterocycles. The van der Waals surface area contributed by atoms with Crippen LogP contribution in [0.25, 0.3) is 10.9 Å². The minimum atomic E-state index is 0.318. The predicted octanol–water partition coefficient (Wildman–Crippen LogP) is 2.04. The summed E-state index contributed by atoms with van der Waals surface area (Å²) in [5.41, 5.74) is 1.05. The van der Waals surface area contributed by atoms with Crippen LogP contribution in [-0.2, 0) is 0 Å². The fourth-order valence-electron chi connectivity index (χ4n) is 2.40. The molecule has 4 heteroatoms. The number of nitrogens with one attached hydrogen (secondary N) is 1. The maximum Gasteiger partial charge on any atom is 0.120 e. The lowest BCUT2D eigenvalue weighted by atomic mass is 10.1. The summed E-state index contributed by atoms with van der Waals surface area (Å²) in [6.45, 7) is 2.20. The zero-order valence-electron chi connectivity index (χ0n) is 10.0. The molecular weight excluding hydrogens is 214 g/mol. The van der Waals surface area contributed by atoms with Crippen molar-refractivity contribution < 1.29 is 4.74 Å². The molecule has 0 saturated carbocycles. The number of likely N-dealkylation sites (tertiary alicyclic amines) is 1. The first-order valence-electron chi connectivity index (χ1n) is 6.09. The Balaban J connectivity index is 1.75. The van der Waals surface area contributed by atoms with E-state index in [2.05, 4.69) is 22.1 Å². The van der Waals surface area contributed by atoms with Crippen molar-refractivity contribution >= 4 is 10.9 Å². The van der Waals surface area contributed by atoms with E-state index in [-0.39, 0.29) is 0 Å². The lowest BCUT2D eigenvalue weighted by Gasteiger charge is -2.30. The summed E-state index contributed by atoms with van der Waals surface area (Å²) < 4.78 is 6.02. The zero-order chi connectivity index (χ0) is 11.7. The third-order valence-corrected chi connectivity index (χ3v) is 3.30. The fourth-order valence-corrected chi connectivity index (χ4v) is 2.40. The van der Waals surface area contributed by atoms with Gasteiger partial charge in [-0.2, -0.15) is 5.10 Å². The highest BCUT2D eigenvalue weighted by Crippen LogP contribution is 2.22. The molecule has 1 unspecified atom stereocenters. The summed E-state index contributed by atoms with van der Waals surface area (Å²) >= 11 is 0. The van der Waals surface area contributed by atoms with Crippen LogP contribution in [0.1, 0.15) is 12.8 Å². The number of likely N-dealkylation sites (N-methyl/N-ethyl adjacent to an activating group) is 1. The molecule has 1 aliphatic heterocycles. The average Bonchev–Trinajstić information content (AvgIpc) is 2.76. The first kappa shape index (κ1) is 10.6. The normalized spacial score (nSPS) is 21.8. The Kier molecular flexibility index (Phi) is 2.73. The van der Waals surface area contributed by atoms with Gasteiger partial charge >= 0.3 is 0 Å². The van der Waals surface area contributed by atoms with Crippen molar-refractivity contribution in [3.05, 3.63) is 24.4 Å². The zero-order valence-corrected chi connectivity index (χ0v) is 10.0. The molecule has 0 spiro atoms. The molecule has 4 nitrogen and oxygen atoms in total. The Morgan fingerprint density at radius 1 is 1.47 bits per heavy atom. The van der Waals surface area contributed by atoms with Crippen molar-refractivity contribution in [1.82, 2.24) is 15.1 Å². The lowest BCUT2D eigenvalue weighted by molar-refractivity contribution is 0.104. The highest BCUT2D eigenvalue weighted by atomic mass is 16.5. The van der Waals surface area contributed by atoms with Gasteiger partial charge in [-0.05, 0) is 44.6 Å². The molecule has 2 aromatic rings. The van der Waals surface area contributed by atoms with Gasteiger partial charge in [-0.15, -0.1) is 0 Å². The van der Waals surface area contributed by atoms with Gasteiger partial charge in [0.25, 0.3) is 0 Å². The Morgan fingerprint density at radius 2 is 2.41 bits per heavy atom. The van der Waals surface area contributed by atoms with Gasteiger partial charge in [-0.3, -0.25) is 5.10 Å². The van der Waals surface area contributed by atoms with Crippen molar-refractivity contribution in [1.29, 1.82) is 0 Å². The van der Waals surface area contributed by atoms with Crippen LogP contribution < -0.4 is 4.74 Å². The fraction of sp³-hybridized carbons (Fsp3) is 0.462. The number of hydrogen-bond acceptors (Lipinski definition) is 3. The topological polar surface area (TPSA) is 41.1 Å². The first-order chi connectivity index (χ1) is 8.31. The minimum Gasteiger partial charge on any atom is -0.489 e. The van der Waals surface area contributed by atoms with E-state index in [1.807, 2.05) is 24.4 Å². The number of aromatic amines is 1. The smallest absolute Gasteiger partial charge is 0.120 e.